The lowest BCUT2D eigenvalue weighted by atomic mass is 9.94. The van der Waals surface area contributed by atoms with E-state index in [1.165, 1.54) is 5.56 Å². The lowest BCUT2D eigenvalue weighted by Crippen LogP contribution is -2.21. The van der Waals surface area contributed by atoms with Gasteiger partial charge in [-0.15, -0.1) is 0 Å². The van der Waals surface area contributed by atoms with Crippen molar-refractivity contribution >= 4 is 11.6 Å². The van der Waals surface area contributed by atoms with Crippen molar-refractivity contribution in [2.75, 3.05) is 26.8 Å². The first-order valence-corrected chi connectivity index (χ1v) is 6.60. The number of methoxy groups -OCH3 is 1. The van der Waals surface area contributed by atoms with Gasteiger partial charge in [-0.2, -0.15) is 0 Å². The van der Waals surface area contributed by atoms with Crippen molar-refractivity contribution in [2.24, 2.45) is 0 Å². The summed E-state index contributed by atoms with van der Waals surface area (Å²) in [5, 5.41) is 4.21. The van der Waals surface area contributed by atoms with Crippen LogP contribution < -0.4 is 5.32 Å². The molecule has 0 saturated heterocycles. The van der Waals surface area contributed by atoms with E-state index < -0.39 is 0 Å². The minimum absolute atomic E-state index is 0.544. The van der Waals surface area contributed by atoms with Gasteiger partial charge in [0, 0.05) is 25.3 Å². The van der Waals surface area contributed by atoms with Crippen molar-refractivity contribution in [1.82, 2.24) is 5.32 Å². The van der Waals surface area contributed by atoms with Crippen LogP contribution in [-0.4, -0.2) is 26.8 Å². The number of likely N-dealkylation sites (N-methyl/N-ethyl adjacent to an activating group) is 1. The molecule has 0 aliphatic heterocycles. The Hall–Kier alpha value is -0.570. The molecule has 0 fully saturated rings. The minimum Gasteiger partial charge on any atom is -0.385 e. The van der Waals surface area contributed by atoms with Crippen LogP contribution in [0.25, 0.3) is 0 Å². The summed E-state index contributed by atoms with van der Waals surface area (Å²) < 4.78 is 5.11. The number of hydrogen-bond acceptors (Lipinski definition) is 2. The number of nitrogens with one attached hydrogen (secondary N) is 1. The van der Waals surface area contributed by atoms with E-state index in [0.29, 0.717) is 5.92 Å². The Morgan fingerprint density at radius 3 is 2.59 bits per heavy atom. The van der Waals surface area contributed by atoms with Crippen LogP contribution >= 0.6 is 11.6 Å². The summed E-state index contributed by atoms with van der Waals surface area (Å²) in [4.78, 5) is 0. The highest BCUT2D eigenvalue weighted by Gasteiger charge is 2.10. The highest BCUT2D eigenvalue weighted by Crippen LogP contribution is 2.22. The van der Waals surface area contributed by atoms with Crippen molar-refractivity contribution in [3.05, 3.63) is 34.9 Å². The van der Waals surface area contributed by atoms with Crippen LogP contribution in [0.5, 0.6) is 0 Å². The summed E-state index contributed by atoms with van der Waals surface area (Å²) in [6, 6.07) is 8.17. The lowest BCUT2D eigenvalue weighted by molar-refractivity contribution is 0.190. The Kier molecular flexibility index (Phi) is 7.25. The number of rotatable bonds is 8. The SMILES string of the molecule is CCNCC(CCCOC)c1ccc(Cl)cc1. The highest BCUT2D eigenvalue weighted by molar-refractivity contribution is 6.30. The molecule has 96 valence electrons. The van der Waals surface area contributed by atoms with Gasteiger partial charge in [0.15, 0.2) is 0 Å². The molecular weight excluding hydrogens is 234 g/mol. The van der Waals surface area contributed by atoms with Gasteiger partial charge in [0.1, 0.15) is 0 Å². The summed E-state index contributed by atoms with van der Waals surface area (Å²) in [5.74, 6) is 0.544. The molecule has 2 nitrogen and oxygen atoms in total. The zero-order valence-electron chi connectivity index (χ0n) is 10.7. The van der Waals surface area contributed by atoms with E-state index in [1.807, 2.05) is 12.1 Å². The maximum Gasteiger partial charge on any atom is 0.0462 e. The first kappa shape index (κ1) is 14.5. The fourth-order valence-corrected chi connectivity index (χ4v) is 2.04. The molecule has 1 unspecified atom stereocenters. The predicted octanol–water partition coefficient (Wildman–Crippen LogP) is 3.46. The molecule has 0 radical (unpaired) electrons. The molecule has 1 aromatic rings. The molecule has 3 heteroatoms. The van der Waals surface area contributed by atoms with Gasteiger partial charge in [-0.3, -0.25) is 0 Å². The van der Waals surface area contributed by atoms with E-state index in [2.05, 4.69) is 24.4 Å². The monoisotopic (exact) mass is 255 g/mol. The normalized spacial score (nSPS) is 12.6. The van der Waals surface area contributed by atoms with Crippen LogP contribution in [0.4, 0.5) is 0 Å². The van der Waals surface area contributed by atoms with Gasteiger partial charge in [0.25, 0.3) is 0 Å². The van der Waals surface area contributed by atoms with E-state index in [1.54, 1.807) is 7.11 Å². The zero-order valence-corrected chi connectivity index (χ0v) is 11.5. The molecule has 0 spiro atoms. The van der Waals surface area contributed by atoms with Gasteiger partial charge in [-0.25, -0.2) is 0 Å². The molecule has 1 rings (SSSR count). The lowest BCUT2D eigenvalue weighted by Gasteiger charge is -2.17. The second kappa shape index (κ2) is 8.51. The molecule has 0 heterocycles. The van der Waals surface area contributed by atoms with Crippen LogP contribution in [0.1, 0.15) is 31.2 Å². The van der Waals surface area contributed by atoms with Gasteiger partial charge in [-0.1, -0.05) is 30.7 Å². The molecule has 17 heavy (non-hydrogen) atoms. The van der Waals surface area contributed by atoms with E-state index in [9.17, 15) is 0 Å². The molecule has 0 aromatic heterocycles. The van der Waals surface area contributed by atoms with Crippen LogP contribution in [0.15, 0.2) is 24.3 Å². The molecular formula is C14H22ClNO. The van der Waals surface area contributed by atoms with Crippen molar-refractivity contribution in [3.8, 4) is 0 Å². The smallest absolute Gasteiger partial charge is 0.0462 e. The first-order valence-electron chi connectivity index (χ1n) is 6.23. The second-order valence-electron chi connectivity index (χ2n) is 4.19. The second-order valence-corrected chi connectivity index (χ2v) is 4.63. The molecule has 0 aliphatic carbocycles. The quantitative estimate of drug-likeness (QED) is 0.719. The largest absolute Gasteiger partial charge is 0.385 e. The summed E-state index contributed by atoms with van der Waals surface area (Å²) in [7, 11) is 1.75. The standard InChI is InChI=1S/C14H22ClNO/c1-3-16-11-13(5-4-10-17-2)12-6-8-14(15)9-7-12/h6-9,13,16H,3-5,10-11H2,1-2H3. The van der Waals surface area contributed by atoms with E-state index >= 15 is 0 Å². The number of ether oxygens (including phenoxy) is 1. The average molecular weight is 256 g/mol. The molecule has 0 bridgehead atoms. The summed E-state index contributed by atoms with van der Waals surface area (Å²) in [6.45, 7) is 4.99. The summed E-state index contributed by atoms with van der Waals surface area (Å²) in [6.07, 6.45) is 2.23. The van der Waals surface area contributed by atoms with Crippen molar-refractivity contribution < 1.29 is 4.74 Å². The molecule has 0 amide bonds. The van der Waals surface area contributed by atoms with E-state index in [4.69, 9.17) is 16.3 Å². The number of benzene rings is 1. The highest BCUT2D eigenvalue weighted by atomic mass is 35.5. The minimum atomic E-state index is 0.544. The van der Waals surface area contributed by atoms with Crippen LogP contribution in [0.2, 0.25) is 5.02 Å². The van der Waals surface area contributed by atoms with Crippen molar-refractivity contribution in [3.63, 3.8) is 0 Å². The Morgan fingerprint density at radius 2 is 2.00 bits per heavy atom. The molecule has 0 aliphatic rings. The maximum atomic E-state index is 5.91. The topological polar surface area (TPSA) is 21.3 Å². The molecule has 0 saturated carbocycles. The Labute approximate surface area is 109 Å². The number of hydrogen-bond donors (Lipinski definition) is 1. The van der Waals surface area contributed by atoms with E-state index in [0.717, 1.165) is 37.6 Å². The average Bonchev–Trinajstić information content (AvgIpc) is 2.35. The Morgan fingerprint density at radius 1 is 1.29 bits per heavy atom. The fraction of sp³-hybridized carbons (Fsp3) is 0.571. The Bertz CT molecular complexity index is 300. The fourth-order valence-electron chi connectivity index (χ4n) is 1.91. The van der Waals surface area contributed by atoms with Crippen LogP contribution in [0.3, 0.4) is 0 Å². The molecule has 1 aromatic carbocycles. The zero-order chi connectivity index (χ0) is 12.5. The molecule has 1 atom stereocenters. The third-order valence-electron chi connectivity index (χ3n) is 2.88. The van der Waals surface area contributed by atoms with Crippen molar-refractivity contribution in [2.45, 2.75) is 25.7 Å². The van der Waals surface area contributed by atoms with Gasteiger partial charge in [-0.05, 0) is 43.0 Å². The van der Waals surface area contributed by atoms with Crippen LogP contribution in [-0.2, 0) is 4.74 Å². The third kappa shape index (κ3) is 5.53. The predicted molar refractivity (Wildman–Crippen MR) is 73.8 cm³/mol. The van der Waals surface area contributed by atoms with Gasteiger partial charge < -0.3 is 10.1 Å². The first-order chi connectivity index (χ1) is 8.27. The third-order valence-corrected chi connectivity index (χ3v) is 3.14. The summed E-state index contributed by atoms with van der Waals surface area (Å²) in [5.41, 5.74) is 1.35. The molecule has 1 N–H and O–H groups in total. The van der Waals surface area contributed by atoms with Gasteiger partial charge in [0.05, 0.1) is 0 Å². The van der Waals surface area contributed by atoms with E-state index in [-0.39, 0.29) is 0 Å². The van der Waals surface area contributed by atoms with Crippen LogP contribution in [0, 0.1) is 0 Å². The van der Waals surface area contributed by atoms with Gasteiger partial charge in [0.2, 0.25) is 0 Å². The summed E-state index contributed by atoms with van der Waals surface area (Å²) >= 11 is 5.91. The number of halogens is 1. The maximum absolute atomic E-state index is 5.91. The van der Waals surface area contributed by atoms with Crippen molar-refractivity contribution in [1.29, 1.82) is 0 Å². The Balaban J connectivity index is 2.57. The van der Waals surface area contributed by atoms with Gasteiger partial charge >= 0.3 is 0 Å².